The van der Waals surface area contributed by atoms with Crippen LogP contribution in [0.1, 0.15) is 43.5 Å². The molecule has 1 atom stereocenters. The minimum Gasteiger partial charge on any atom is -0.497 e. The van der Waals surface area contributed by atoms with Crippen LogP contribution in [0.5, 0.6) is 5.75 Å². The molecule has 2 nitrogen and oxygen atoms in total. The van der Waals surface area contributed by atoms with Crippen molar-refractivity contribution < 1.29 is 9.53 Å². The summed E-state index contributed by atoms with van der Waals surface area (Å²) in [7, 11) is 1.61. The van der Waals surface area contributed by atoms with E-state index < -0.39 is 0 Å². The zero-order valence-electron chi connectivity index (χ0n) is 10.6. The van der Waals surface area contributed by atoms with Crippen LogP contribution in [0, 0.1) is 5.92 Å². The number of ketones is 1. The first kappa shape index (κ1) is 14.2. The summed E-state index contributed by atoms with van der Waals surface area (Å²) < 4.78 is 5.98. The Morgan fingerprint density at radius 1 is 1.47 bits per heavy atom. The van der Waals surface area contributed by atoms with E-state index in [1.54, 1.807) is 13.2 Å². The molecule has 3 heteroatoms. The van der Waals surface area contributed by atoms with Gasteiger partial charge in [-0.3, -0.25) is 4.79 Å². The van der Waals surface area contributed by atoms with Gasteiger partial charge in [-0.05, 0) is 24.1 Å². The normalized spacial score (nSPS) is 12.2. The van der Waals surface area contributed by atoms with Gasteiger partial charge in [0.2, 0.25) is 0 Å². The molecule has 94 valence electrons. The van der Waals surface area contributed by atoms with Gasteiger partial charge in [-0.25, -0.2) is 0 Å². The second kappa shape index (κ2) is 6.80. The molecule has 17 heavy (non-hydrogen) atoms. The number of methoxy groups -OCH3 is 1. The van der Waals surface area contributed by atoms with E-state index in [9.17, 15) is 4.79 Å². The molecule has 1 unspecified atom stereocenters. The standard InChI is InChI=1S/C14H19BrO2/c1-4-5-10(2)8-14(16)12-9-11(17-3)6-7-13(12)15/h6-7,9-10H,4-5,8H2,1-3H3. The van der Waals surface area contributed by atoms with Crippen LogP contribution in [0.2, 0.25) is 0 Å². The lowest BCUT2D eigenvalue weighted by molar-refractivity contribution is 0.0961. The summed E-state index contributed by atoms with van der Waals surface area (Å²) >= 11 is 3.41. The third-order valence-electron chi connectivity index (χ3n) is 2.79. The van der Waals surface area contributed by atoms with Gasteiger partial charge in [0.15, 0.2) is 5.78 Å². The molecule has 0 aromatic heterocycles. The number of rotatable bonds is 6. The van der Waals surface area contributed by atoms with Gasteiger partial charge in [0.25, 0.3) is 0 Å². The van der Waals surface area contributed by atoms with Crippen molar-refractivity contribution in [3.8, 4) is 5.75 Å². The Labute approximate surface area is 111 Å². The largest absolute Gasteiger partial charge is 0.497 e. The van der Waals surface area contributed by atoms with Crippen molar-refractivity contribution in [1.29, 1.82) is 0 Å². The lowest BCUT2D eigenvalue weighted by Gasteiger charge is -2.11. The zero-order chi connectivity index (χ0) is 12.8. The highest BCUT2D eigenvalue weighted by Gasteiger charge is 2.14. The highest BCUT2D eigenvalue weighted by molar-refractivity contribution is 9.10. The highest BCUT2D eigenvalue weighted by atomic mass is 79.9. The number of hydrogen-bond donors (Lipinski definition) is 0. The molecule has 0 saturated carbocycles. The van der Waals surface area contributed by atoms with E-state index in [1.807, 2.05) is 12.1 Å². The van der Waals surface area contributed by atoms with Crippen LogP contribution in [0.25, 0.3) is 0 Å². The Bertz CT molecular complexity index is 388. The van der Waals surface area contributed by atoms with Crippen molar-refractivity contribution in [1.82, 2.24) is 0 Å². The molecule has 0 radical (unpaired) electrons. The van der Waals surface area contributed by atoms with Crippen LogP contribution >= 0.6 is 15.9 Å². The average molecular weight is 299 g/mol. The van der Waals surface area contributed by atoms with Crippen LogP contribution in [-0.4, -0.2) is 12.9 Å². The van der Waals surface area contributed by atoms with Crippen LogP contribution in [0.3, 0.4) is 0 Å². The molecule has 0 aliphatic carbocycles. The van der Waals surface area contributed by atoms with E-state index in [0.29, 0.717) is 17.9 Å². The molecule has 1 aromatic carbocycles. The molecular formula is C14H19BrO2. The van der Waals surface area contributed by atoms with E-state index >= 15 is 0 Å². The first-order valence-electron chi connectivity index (χ1n) is 5.95. The molecular weight excluding hydrogens is 280 g/mol. The summed E-state index contributed by atoms with van der Waals surface area (Å²) in [5.41, 5.74) is 0.715. The molecule has 0 N–H and O–H groups in total. The van der Waals surface area contributed by atoms with Gasteiger partial charge in [-0.2, -0.15) is 0 Å². The smallest absolute Gasteiger partial charge is 0.164 e. The predicted molar refractivity (Wildman–Crippen MR) is 73.7 cm³/mol. The Morgan fingerprint density at radius 2 is 2.18 bits per heavy atom. The lowest BCUT2D eigenvalue weighted by Crippen LogP contribution is -2.07. The molecule has 0 aliphatic heterocycles. The Balaban J connectivity index is 2.80. The third kappa shape index (κ3) is 4.15. The maximum Gasteiger partial charge on any atom is 0.164 e. The van der Waals surface area contributed by atoms with Crippen LogP contribution in [-0.2, 0) is 0 Å². The summed E-state index contributed by atoms with van der Waals surface area (Å²) in [5, 5.41) is 0. The van der Waals surface area contributed by atoms with Crippen molar-refractivity contribution in [2.75, 3.05) is 7.11 Å². The second-order valence-electron chi connectivity index (χ2n) is 4.37. The summed E-state index contributed by atoms with van der Waals surface area (Å²) in [6.07, 6.45) is 2.81. The zero-order valence-corrected chi connectivity index (χ0v) is 12.2. The Morgan fingerprint density at radius 3 is 2.76 bits per heavy atom. The fourth-order valence-corrected chi connectivity index (χ4v) is 2.33. The molecule has 0 amide bonds. The number of carbonyl (C=O) groups excluding carboxylic acids is 1. The maximum atomic E-state index is 12.1. The molecule has 0 saturated heterocycles. The molecule has 0 spiro atoms. The molecule has 1 aromatic rings. The van der Waals surface area contributed by atoms with E-state index in [2.05, 4.69) is 29.8 Å². The molecule has 0 aliphatic rings. The van der Waals surface area contributed by atoms with E-state index in [-0.39, 0.29) is 5.78 Å². The van der Waals surface area contributed by atoms with Gasteiger partial charge in [0.1, 0.15) is 5.75 Å². The van der Waals surface area contributed by atoms with E-state index in [0.717, 1.165) is 23.1 Å². The summed E-state index contributed by atoms with van der Waals surface area (Å²) in [6, 6.07) is 5.50. The molecule has 0 fully saturated rings. The lowest BCUT2D eigenvalue weighted by atomic mass is 9.96. The van der Waals surface area contributed by atoms with Crippen molar-refractivity contribution in [2.45, 2.75) is 33.1 Å². The van der Waals surface area contributed by atoms with E-state index in [1.165, 1.54) is 0 Å². The monoisotopic (exact) mass is 298 g/mol. The van der Waals surface area contributed by atoms with Crippen LogP contribution in [0.4, 0.5) is 0 Å². The Kier molecular flexibility index (Phi) is 5.69. The molecule has 0 heterocycles. The van der Waals surface area contributed by atoms with Gasteiger partial charge >= 0.3 is 0 Å². The topological polar surface area (TPSA) is 26.3 Å². The van der Waals surface area contributed by atoms with Crippen molar-refractivity contribution in [3.05, 3.63) is 28.2 Å². The minimum atomic E-state index is 0.178. The maximum absolute atomic E-state index is 12.1. The number of benzene rings is 1. The van der Waals surface area contributed by atoms with Crippen LogP contribution < -0.4 is 4.74 Å². The van der Waals surface area contributed by atoms with Gasteiger partial charge in [0, 0.05) is 16.5 Å². The summed E-state index contributed by atoms with van der Waals surface area (Å²) in [6.45, 7) is 4.26. The summed E-state index contributed by atoms with van der Waals surface area (Å²) in [5.74, 6) is 1.34. The fourth-order valence-electron chi connectivity index (χ4n) is 1.87. The van der Waals surface area contributed by atoms with Gasteiger partial charge in [-0.15, -0.1) is 0 Å². The van der Waals surface area contributed by atoms with Crippen molar-refractivity contribution >= 4 is 21.7 Å². The fraction of sp³-hybridized carbons (Fsp3) is 0.500. The van der Waals surface area contributed by atoms with Gasteiger partial charge in [0.05, 0.1) is 7.11 Å². The molecule has 0 bridgehead atoms. The third-order valence-corrected chi connectivity index (χ3v) is 3.48. The predicted octanol–water partition coefficient (Wildman–Crippen LogP) is 4.47. The average Bonchev–Trinajstić information content (AvgIpc) is 2.29. The quantitative estimate of drug-likeness (QED) is 0.725. The number of carbonyl (C=O) groups is 1. The summed E-state index contributed by atoms with van der Waals surface area (Å²) in [4.78, 5) is 12.1. The molecule has 1 rings (SSSR count). The number of Topliss-reactive ketones (excluding diaryl/α,β-unsaturated/α-hetero) is 1. The number of hydrogen-bond acceptors (Lipinski definition) is 2. The first-order chi connectivity index (χ1) is 8.08. The Hall–Kier alpha value is -0.830. The van der Waals surface area contributed by atoms with Gasteiger partial charge in [-0.1, -0.05) is 42.6 Å². The minimum absolute atomic E-state index is 0.178. The van der Waals surface area contributed by atoms with Crippen molar-refractivity contribution in [3.63, 3.8) is 0 Å². The van der Waals surface area contributed by atoms with Crippen molar-refractivity contribution in [2.24, 2.45) is 5.92 Å². The SMILES string of the molecule is CCCC(C)CC(=O)c1cc(OC)ccc1Br. The van der Waals surface area contributed by atoms with Crippen LogP contribution in [0.15, 0.2) is 22.7 Å². The first-order valence-corrected chi connectivity index (χ1v) is 6.74. The van der Waals surface area contributed by atoms with E-state index in [4.69, 9.17) is 4.74 Å². The highest BCUT2D eigenvalue weighted by Crippen LogP contribution is 2.25. The number of halogens is 1. The van der Waals surface area contributed by atoms with Gasteiger partial charge < -0.3 is 4.74 Å². The second-order valence-corrected chi connectivity index (χ2v) is 5.22. The number of ether oxygens (including phenoxy) is 1.